The molecule has 0 aliphatic heterocycles. The maximum atomic E-state index is 11.4. The normalized spacial score (nSPS) is 14.4. The first-order valence-corrected chi connectivity index (χ1v) is 6.99. The number of aliphatic hydroxyl groups is 2. The number of ether oxygens (including phenoxy) is 1. The van der Waals surface area contributed by atoms with E-state index in [2.05, 4.69) is 5.32 Å². The highest BCUT2D eigenvalue weighted by atomic mass is 32.2. The second-order valence-electron chi connectivity index (χ2n) is 3.73. The highest BCUT2D eigenvalue weighted by Gasteiger charge is 2.17. The fraction of sp³-hybridized carbons (Fsp3) is 0.909. The molecule has 0 rings (SSSR count). The van der Waals surface area contributed by atoms with Crippen molar-refractivity contribution in [2.45, 2.75) is 31.9 Å². The smallest absolute Gasteiger partial charge is 0.322 e. The Labute approximate surface area is 107 Å². The van der Waals surface area contributed by atoms with Gasteiger partial charge in [-0.3, -0.25) is 4.79 Å². The van der Waals surface area contributed by atoms with E-state index in [9.17, 15) is 4.79 Å². The Morgan fingerprint density at radius 2 is 2.24 bits per heavy atom. The number of nitrogens with one attached hydrogen (secondary N) is 1. The molecule has 0 radical (unpaired) electrons. The van der Waals surface area contributed by atoms with Crippen LogP contribution in [0.25, 0.3) is 0 Å². The topological polar surface area (TPSA) is 78.8 Å². The van der Waals surface area contributed by atoms with Gasteiger partial charge in [0.1, 0.15) is 6.04 Å². The Hall–Kier alpha value is -0.300. The Morgan fingerprint density at radius 1 is 1.53 bits per heavy atom. The molecule has 6 heteroatoms. The van der Waals surface area contributed by atoms with E-state index in [0.29, 0.717) is 12.2 Å². The Kier molecular flexibility index (Phi) is 10.6. The van der Waals surface area contributed by atoms with E-state index < -0.39 is 6.10 Å². The predicted octanol–water partition coefficient (Wildman–Crippen LogP) is 0.00410. The zero-order chi connectivity index (χ0) is 13.1. The number of esters is 1. The van der Waals surface area contributed by atoms with E-state index in [0.717, 1.165) is 18.7 Å². The van der Waals surface area contributed by atoms with Crippen LogP contribution in [-0.4, -0.2) is 60.1 Å². The number of aliphatic hydroxyl groups excluding tert-OH is 2. The number of rotatable bonds is 10. The van der Waals surface area contributed by atoms with Gasteiger partial charge in [-0.05, 0) is 25.1 Å². The van der Waals surface area contributed by atoms with Crippen molar-refractivity contribution >= 4 is 17.7 Å². The summed E-state index contributed by atoms with van der Waals surface area (Å²) in [4.78, 5) is 11.4. The van der Waals surface area contributed by atoms with Gasteiger partial charge in [-0.2, -0.15) is 11.8 Å². The van der Waals surface area contributed by atoms with Crippen LogP contribution in [0.3, 0.4) is 0 Å². The lowest BCUT2D eigenvalue weighted by Gasteiger charge is -2.16. The summed E-state index contributed by atoms with van der Waals surface area (Å²) in [5.74, 6) is 0.980. The molecule has 0 aromatic carbocycles. The van der Waals surface area contributed by atoms with Crippen LogP contribution >= 0.6 is 11.8 Å². The van der Waals surface area contributed by atoms with Crippen molar-refractivity contribution in [1.29, 1.82) is 0 Å². The van der Waals surface area contributed by atoms with Crippen molar-refractivity contribution in [2.75, 3.05) is 31.8 Å². The van der Waals surface area contributed by atoms with Gasteiger partial charge in [0.25, 0.3) is 0 Å². The highest BCUT2D eigenvalue weighted by Crippen LogP contribution is 2.08. The fourth-order valence-corrected chi connectivity index (χ4v) is 2.18. The van der Waals surface area contributed by atoms with Crippen molar-refractivity contribution in [3.63, 3.8) is 0 Å². The van der Waals surface area contributed by atoms with Gasteiger partial charge in [0.05, 0.1) is 19.8 Å². The molecule has 3 N–H and O–H groups in total. The van der Waals surface area contributed by atoms with Gasteiger partial charge in [0.15, 0.2) is 0 Å². The van der Waals surface area contributed by atoms with Crippen molar-refractivity contribution in [3.8, 4) is 0 Å². The molecule has 2 atom stereocenters. The fourth-order valence-electron chi connectivity index (χ4n) is 1.24. The third-order valence-corrected chi connectivity index (χ3v) is 3.34. The Balaban J connectivity index is 3.79. The second kappa shape index (κ2) is 10.8. The summed E-state index contributed by atoms with van der Waals surface area (Å²) >= 11 is 1.52. The summed E-state index contributed by atoms with van der Waals surface area (Å²) in [6, 6.07) is -0.279. The van der Waals surface area contributed by atoms with Crippen molar-refractivity contribution < 1.29 is 19.7 Å². The first-order chi connectivity index (χ1) is 8.15. The van der Waals surface area contributed by atoms with E-state index >= 15 is 0 Å². The molecule has 0 spiro atoms. The number of methoxy groups -OCH3 is 1. The van der Waals surface area contributed by atoms with Gasteiger partial charge in [0, 0.05) is 5.75 Å². The molecular formula is C11H23NO4S. The second-order valence-corrected chi connectivity index (χ2v) is 4.88. The monoisotopic (exact) mass is 265 g/mol. The maximum Gasteiger partial charge on any atom is 0.322 e. The minimum Gasteiger partial charge on any atom is -0.468 e. The number of hydrogen-bond donors (Lipinski definition) is 3. The van der Waals surface area contributed by atoms with Gasteiger partial charge in [0.2, 0.25) is 0 Å². The van der Waals surface area contributed by atoms with Gasteiger partial charge in [-0.25, -0.2) is 0 Å². The third-order valence-electron chi connectivity index (χ3n) is 2.20. The summed E-state index contributed by atoms with van der Waals surface area (Å²) in [7, 11) is 1.38. The molecular weight excluding hydrogens is 242 g/mol. The molecule has 5 nitrogen and oxygen atoms in total. The van der Waals surface area contributed by atoms with Crippen molar-refractivity contribution in [1.82, 2.24) is 5.32 Å². The van der Waals surface area contributed by atoms with Gasteiger partial charge in [-0.15, -0.1) is 0 Å². The van der Waals surface area contributed by atoms with Gasteiger partial charge < -0.3 is 20.3 Å². The molecule has 0 aliphatic rings. The minimum absolute atomic E-state index is 0.221. The first kappa shape index (κ1) is 16.7. The number of thioether (sulfide) groups is 1. The van der Waals surface area contributed by atoms with Crippen LogP contribution in [0.4, 0.5) is 0 Å². The summed E-state index contributed by atoms with van der Waals surface area (Å²) in [5.41, 5.74) is 0. The van der Waals surface area contributed by atoms with Crippen LogP contribution in [0.2, 0.25) is 0 Å². The van der Waals surface area contributed by atoms with Gasteiger partial charge in [-0.1, -0.05) is 6.92 Å². The first-order valence-electron chi connectivity index (χ1n) is 5.83. The minimum atomic E-state index is -0.680. The lowest BCUT2D eigenvalue weighted by atomic mass is 10.2. The molecule has 0 saturated carbocycles. The van der Waals surface area contributed by atoms with E-state index in [1.165, 1.54) is 18.9 Å². The zero-order valence-electron chi connectivity index (χ0n) is 10.5. The molecule has 102 valence electrons. The summed E-state index contributed by atoms with van der Waals surface area (Å²) in [6.07, 6.45) is 0.944. The lowest BCUT2D eigenvalue weighted by molar-refractivity contribution is -0.143. The van der Waals surface area contributed by atoms with Crippen molar-refractivity contribution in [2.24, 2.45) is 0 Å². The van der Waals surface area contributed by atoms with E-state index in [1.54, 1.807) is 0 Å². The number of hydrogen-bond acceptors (Lipinski definition) is 6. The predicted molar refractivity (Wildman–Crippen MR) is 69.1 cm³/mol. The largest absolute Gasteiger partial charge is 0.468 e. The summed E-state index contributed by atoms with van der Waals surface area (Å²) in [6.45, 7) is 2.60. The van der Waals surface area contributed by atoms with E-state index in [1.807, 2.05) is 6.92 Å². The summed E-state index contributed by atoms with van der Waals surface area (Å²) in [5, 5.41) is 20.9. The Bertz CT molecular complexity index is 204. The van der Waals surface area contributed by atoms with Crippen LogP contribution in [0.15, 0.2) is 0 Å². The van der Waals surface area contributed by atoms with Crippen LogP contribution in [0.1, 0.15) is 19.8 Å². The SMILES string of the molecule is CCCNC(CCSCC(O)CO)C(=O)OC. The molecule has 0 aromatic heterocycles. The van der Waals surface area contributed by atoms with Crippen molar-refractivity contribution in [3.05, 3.63) is 0 Å². The zero-order valence-corrected chi connectivity index (χ0v) is 11.3. The molecule has 0 saturated heterocycles. The molecule has 2 unspecified atom stereocenters. The lowest BCUT2D eigenvalue weighted by Crippen LogP contribution is -2.38. The maximum absolute atomic E-state index is 11.4. The van der Waals surface area contributed by atoms with Crippen LogP contribution < -0.4 is 5.32 Å². The van der Waals surface area contributed by atoms with Crippen LogP contribution in [0, 0.1) is 0 Å². The van der Waals surface area contributed by atoms with Crippen LogP contribution in [0.5, 0.6) is 0 Å². The molecule has 0 aliphatic carbocycles. The molecule has 0 amide bonds. The Morgan fingerprint density at radius 3 is 2.76 bits per heavy atom. The molecule has 0 heterocycles. The third kappa shape index (κ3) is 8.43. The van der Waals surface area contributed by atoms with Gasteiger partial charge >= 0.3 is 5.97 Å². The molecule has 0 aromatic rings. The molecule has 0 bridgehead atoms. The number of carbonyl (C=O) groups excluding carboxylic acids is 1. The summed E-state index contributed by atoms with van der Waals surface area (Å²) < 4.78 is 4.71. The average molecular weight is 265 g/mol. The molecule has 0 fully saturated rings. The van der Waals surface area contributed by atoms with E-state index in [-0.39, 0.29) is 18.6 Å². The number of carbonyl (C=O) groups is 1. The average Bonchev–Trinajstić information content (AvgIpc) is 2.36. The standard InChI is InChI=1S/C11H23NO4S/c1-3-5-12-10(11(15)16-2)4-6-17-8-9(14)7-13/h9-10,12-14H,3-8H2,1-2H3. The molecule has 17 heavy (non-hydrogen) atoms. The van der Waals surface area contributed by atoms with Crippen LogP contribution in [-0.2, 0) is 9.53 Å². The van der Waals surface area contributed by atoms with E-state index in [4.69, 9.17) is 14.9 Å². The quantitative estimate of drug-likeness (QED) is 0.381. The highest BCUT2D eigenvalue weighted by molar-refractivity contribution is 7.99.